The molecule has 3 aliphatic carbocycles. The van der Waals surface area contributed by atoms with Gasteiger partial charge >= 0.3 is 0 Å². The number of hydrogen-bond acceptors (Lipinski definition) is 6. The molecule has 1 N–H and O–H groups in total. The Morgan fingerprint density at radius 2 is 1.83 bits per heavy atom. The van der Waals surface area contributed by atoms with Crippen molar-refractivity contribution < 1.29 is 23.8 Å². The van der Waals surface area contributed by atoms with Crippen LogP contribution in [0.5, 0.6) is 0 Å². The third kappa shape index (κ3) is 1.42. The smallest absolute Gasteiger partial charge is 0.204 e. The SMILES string of the molecule is COC1=CCC2(CCC34NCCC23CC(=O)C(OC)=C4OC)C1=O. The lowest BCUT2D eigenvalue weighted by molar-refractivity contribution is -0.139. The van der Waals surface area contributed by atoms with Crippen LogP contribution < -0.4 is 5.32 Å². The fourth-order valence-corrected chi connectivity index (χ4v) is 5.95. The third-order valence-electron chi connectivity index (χ3n) is 6.87. The Morgan fingerprint density at radius 3 is 2.46 bits per heavy atom. The molecule has 0 bridgehead atoms. The van der Waals surface area contributed by atoms with E-state index in [1.165, 1.54) is 14.2 Å². The van der Waals surface area contributed by atoms with Gasteiger partial charge in [-0.05, 0) is 38.3 Å². The molecule has 6 heteroatoms. The molecular formula is C18H23NO5. The molecule has 0 aromatic heterocycles. The van der Waals surface area contributed by atoms with Crippen LogP contribution in [-0.2, 0) is 23.8 Å². The minimum absolute atomic E-state index is 0.0414. The van der Waals surface area contributed by atoms with E-state index in [0.717, 1.165) is 25.8 Å². The number of methoxy groups -OCH3 is 3. The summed E-state index contributed by atoms with van der Waals surface area (Å²) in [7, 11) is 4.61. The summed E-state index contributed by atoms with van der Waals surface area (Å²) in [5.41, 5.74) is -1.56. The zero-order valence-electron chi connectivity index (χ0n) is 14.4. The summed E-state index contributed by atoms with van der Waals surface area (Å²) in [5, 5.41) is 3.58. The Balaban J connectivity index is 1.92. The molecule has 0 aromatic carbocycles. The number of Topliss-reactive ketones (excluding diaryl/α,β-unsaturated/α-hetero) is 2. The highest BCUT2D eigenvalue weighted by molar-refractivity contribution is 6.04. The van der Waals surface area contributed by atoms with E-state index in [1.807, 2.05) is 6.08 Å². The topological polar surface area (TPSA) is 73.9 Å². The maximum Gasteiger partial charge on any atom is 0.204 e. The summed E-state index contributed by atoms with van der Waals surface area (Å²) in [5.74, 6) is 1.26. The molecule has 6 nitrogen and oxygen atoms in total. The van der Waals surface area contributed by atoms with Crippen LogP contribution in [0.2, 0.25) is 0 Å². The number of carbonyl (C=O) groups excluding carboxylic acids is 2. The number of ether oxygens (including phenoxy) is 3. The second-order valence-corrected chi connectivity index (χ2v) is 7.22. The van der Waals surface area contributed by atoms with Crippen LogP contribution in [0.15, 0.2) is 23.4 Å². The van der Waals surface area contributed by atoms with Crippen molar-refractivity contribution in [3.8, 4) is 0 Å². The second-order valence-electron chi connectivity index (χ2n) is 7.22. The molecule has 1 heterocycles. The normalized spacial score (nSPS) is 40.7. The first-order valence-corrected chi connectivity index (χ1v) is 8.42. The first kappa shape index (κ1) is 15.7. The van der Waals surface area contributed by atoms with E-state index in [0.29, 0.717) is 30.1 Å². The Bertz CT molecular complexity index is 696. The van der Waals surface area contributed by atoms with E-state index in [1.54, 1.807) is 7.11 Å². The van der Waals surface area contributed by atoms with Gasteiger partial charge in [0.1, 0.15) is 0 Å². The Kier molecular flexibility index (Phi) is 3.17. The standard InChI is InChI=1S/C18H23NO5/c1-22-12-4-5-16(14(12)21)6-7-18-15(24-3)13(23-2)11(20)10-17(16,18)8-9-19-18/h4,19H,5-10H2,1-3H3. The van der Waals surface area contributed by atoms with Crippen molar-refractivity contribution in [1.82, 2.24) is 5.32 Å². The average molecular weight is 333 g/mol. The van der Waals surface area contributed by atoms with Gasteiger partial charge in [-0.1, -0.05) is 0 Å². The predicted molar refractivity (Wildman–Crippen MR) is 84.8 cm³/mol. The Labute approximate surface area is 141 Å². The van der Waals surface area contributed by atoms with Crippen molar-refractivity contribution >= 4 is 11.6 Å². The summed E-state index contributed by atoms with van der Waals surface area (Å²) in [6.45, 7) is 0.758. The van der Waals surface area contributed by atoms with Crippen LogP contribution in [0, 0.1) is 10.8 Å². The van der Waals surface area contributed by atoms with Gasteiger partial charge in [0.25, 0.3) is 0 Å². The predicted octanol–water partition coefficient (Wildman–Crippen LogP) is 1.47. The van der Waals surface area contributed by atoms with Crippen LogP contribution in [0.25, 0.3) is 0 Å². The molecule has 4 aliphatic rings. The zero-order valence-corrected chi connectivity index (χ0v) is 14.4. The lowest BCUT2D eigenvalue weighted by Crippen LogP contribution is -2.60. The minimum atomic E-state index is -0.583. The largest absolute Gasteiger partial charge is 0.495 e. The highest BCUT2D eigenvalue weighted by Gasteiger charge is 2.77. The zero-order chi connectivity index (χ0) is 17.2. The van der Waals surface area contributed by atoms with E-state index in [4.69, 9.17) is 14.2 Å². The maximum absolute atomic E-state index is 13.2. The van der Waals surface area contributed by atoms with Gasteiger partial charge in [-0.25, -0.2) is 0 Å². The van der Waals surface area contributed by atoms with Crippen LogP contribution in [0.1, 0.15) is 32.1 Å². The van der Waals surface area contributed by atoms with Gasteiger partial charge in [0.15, 0.2) is 11.5 Å². The average Bonchev–Trinajstić information content (AvgIpc) is 3.19. The Morgan fingerprint density at radius 1 is 1.04 bits per heavy atom. The summed E-state index contributed by atoms with van der Waals surface area (Å²) in [6.07, 6.45) is 5.08. The van der Waals surface area contributed by atoms with Gasteiger partial charge in [0.2, 0.25) is 17.3 Å². The summed E-state index contributed by atoms with van der Waals surface area (Å²) < 4.78 is 16.4. The van der Waals surface area contributed by atoms with Gasteiger partial charge in [0.05, 0.1) is 26.9 Å². The van der Waals surface area contributed by atoms with Crippen molar-refractivity contribution in [2.24, 2.45) is 10.8 Å². The second kappa shape index (κ2) is 4.85. The maximum atomic E-state index is 13.2. The molecule has 1 saturated carbocycles. The highest BCUT2D eigenvalue weighted by Crippen LogP contribution is 2.71. The molecule has 3 atom stereocenters. The molecule has 0 amide bonds. The molecule has 0 radical (unpaired) electrons. The summed E-state index contributed by atoms with van der Waals surface area (Å²) in [6, 6.07) is 0. The number of hydrogen-bond donors (Lipinski definition) is 1. The quantitative estimate of drug-likeness (QED) is 0.843. The molecule has 1 saturated heterocycles. The van der Waals surface area contributed by atoms with Gasteiger partial charge in [0, 0.05) is 17.3 Å². The van der Waals surface area contributed by atoms with E-state index in [9.17, 15) is 9.59 Å². The lowest BCUT2D eigenvalue weighted by atomic mass is 9.53. The fourth-order valence-electron chi connectivity index (χ4n) is 5.95. The van der Waals surface area contributed by atoms with E-state index < -0.39 is 16.4 Å². The van der Waals surface area contributed by atoms with Gasteiger partial charge in [-0.3, -0.25) is 9.59 Å². The molecular weight excluding hydrogens is 310 g/mol. The van der Waals surface area contributed by atoms with E-state index in [-0.39, 0.29) is 11.6 Å². The van der Waals surface area contributed by atoms with Crippen LogP contribution in [0.4, 0.5) is 0 Å². The summed E-state index contributed by atoms with van der Waals surface area (Å²) >= 11 is 0. The van der Waals surface area contributed by atoms with Crippen LogP contribution in [-0.4, -0.2) is 45.0 Å². The fraction of sp³-hybridized carbons (Fsp3) is 0.667. The van der Waals surface area contributed by atoms with Gasteiger partial charge in [-0.2, -0.15) is 0 Å². The van der Waals surface area contributed by atoms with Crippen molar-refractivity contribution in [2.45, 2.75) is 37.6 Å². The van der Waals surface area contributed by atoms with Gasteiger partial charge < -0.3 is 19.5 Å². The molecule has 0 aromatic rings. The molecule has 4 rings (SSSR count). The number of rotatable bonds is 3. The van der Waals surface area contributed by atoms with E-state index in [2.05, 4.69) is 5.32 Å². The first-order valence-electron chi connectivity index (χ1n) is 8.42. The number of ketones is 2. The van der Waals surface area contributed by atoms with Crippen molar-refractivity contribution in [3.05, 3.63) is 23.4 Å². The lowest BCUT2D eigenvalue weighted by Gasteiger charge is -2.50. The highest BCUT2D eigenvalue weighted by atomic mass is 16.5. The van der Waals surface area contributed by atoms with Crippen molar-refractivity contribution in [3.63, 3.8) is 0 Å². The van der Waals surface area contributed by atoms with Gasteiger partial charge in [-0.15, -0.1) is 0 Å². The van der Waals surface area contributed by atoms with Crippen molar-refractivity contribution in [1.29, 1.82) is 0 Å². The first-order chi connectivity index (χ1) is 11.5. The van der Waals surface area contributed by atoms with E-state index >= 15 is 0 Å². The third-order valence-corrected chi connectivity index (χ3v) is 6.87. The molecule has 130 valence electrons. The Hall–Kier alpha value is -1.82. The van der Waals surface area contributed by atoms with Crippen LogP contribution in [0.3, 0.4) is 0 Å². The number of carbonyl (C=O) groups is 2. The summed E-state index contributed by atoms with van der Waals surface area (Å²) in [4.78, 5) is 26.0. The molecule has 1 spiro atoms. The van der Waals surface area contributed by atoms with Crippen molar-refractivity contribution in [2.75, 3.05) is 27.9 Å². The monoisotopic (exact) mass is 333 g/mol. The number of nitrogens with one attached hydrogen (secondary N) is 1. The minimum Gasteiger partial charge on any atom is -0.495 e. The molecule has 3 unspecified atom stereocenters. The number of allylic oxidation sites excluding steroid dienone is 3. The van der Waals surface area contributed by atoms with Crippen LogP contribution >= 0.6 is 0 Å². The molecule has 24 heavy (non-hydrogen) atoms. The molecule has 2 fully saturated rings. The molecule has 1 aliphatic heterocycles.